The highest BCUT2D eigenvalue weighted by Crippen LogP contribution is 2.17. The van der Waals surface area contributed by atoms with Gasteiger partial charge in [-0.2, -0.15) is 0 Å². The molecule has 0 fully saturated rings. The first-order chi connectivity index (χ1) is 15.9. The number of nitrogens with one attached hydrogen (secondary N) is 2. The summed E-state index contributed by atoms with van der Waals surface area (Å²) in [5.41, 5.74) is 3.05. The van der Waals surface area contributed by atoms with Crippen LogP contribution in [0.25, 0.3) is 0 Å². The zero-order valence-corrected chi connectivity index (χ0v) is 20.1. The summed E-state index contributed by atoms with van der Waals surface area (Å²) in [4.78, 5) is 24.7. The maximum atomic E-state index is 12.4. The fourth-order valence-electron chi connectivity index (χ4n) is 3.05. The monoisotopic (exact) mass is 467 g/mol. The summed E-state index contributed by atoms with van der Waals surface area (Å²) in [5.74, 6) is 1.07. The summed E-state index contributed by atoms with van der Waals surface area (Å²) in [5, 5.41) is 14.5. The Labute approximate surface area is 198 Å². The molecule has 8 nitrogen and oxygen atoms in total. The molecule has 1 aromatic heterocycles. The smallest absolute Gasteiger partial charge is 0.261 e. The van der Waals surface area contributed by atoms with Crippen LogP contribution in [-0.2, 0) is 29.6 Å². The van der Waals surface area contributed by atoms with Crippen LogP contribution in [0.3, 0.4) is 0 Å². The van der Waals surface area contributed by atoms with E-state index in [1.807, 2.05) is 55.5 Å². The number of hydrogen-bond acceptors (Lipinski definition) is 6. The molecule has 0 bridgehead atoms. The van der Waals surface area contributed by atoms with Crippen molar-refractivity contribution in [1.82, 2.24) is 20.1 Å². The number of thioether (sulfide) groups is 1. The molecule has 174 valence electrons. The molecule has 0 aliphatic heterocycles. The van der Waals surface area contributed by atoms with E-state index in [1.165, 1.54) is 17.3 Å². The quantitative estimate of drug-likeness (QED) is 0.443. The van der Waals surface area contributed by atoms with E-state index >= 15 is 0 Å². The second-order valence-corrected chi connectivity index (χ2v) is 8.58. The van der Waals surface area contributed by atoms with Crippen LogP contribution in [0.5, 0.6) is 5.75 Å². The number of rotatable bonds is 10. The largest absolute Gasteiger partial charge is 0.481 e. The third-order valence-electron chi connectivity index (χ3n) is 4.99. The topological polar surface area (TPSA) is 98.1 Å². The minimum atomic E-state index is -0.648. The van der Waals surface area contributed by atoms with Crippen molar-refractivity contribution in [3.63, 3.8) is 0 Å². The minimum absolute atomic E-state index is 0.124. The van der Waals surface area contributed by atoms with Gasteiger partial charge in [0.2, 0.25) is 5.91 Å². The van der Waals surface area contributed by atoms with E-state index in [-0.39, 0.29) is 24.1 Å². The van der Waals surface area contributed by atoms with Crippen molar-refractivity contribution in [2.75, 3.05) is 11.1 Å². The van der Waals surface area contributed by atoms with Gasteiger partial charge in [0, 0.05) is 12.7 Å². The van der Waals surface area contributed by atoms with Crippen molar-refractivity contribution in [2.45, 2.75) is 45.0 Å². The summed E-state index contributed by atoms with van der Waals surface area (Å²) >= 11 is 1.28. The maximum Gasteiger partial charge on any atom is 0.261 e. The van der Waals surface area contributed by atoms with Crippen LogP contribution in [-0.4, -0.2) is 38.4 Å². The van der Waals surface area contributed by atoms with Crippen LogP contribution in [0.4, 0.5) is 5.69 Å². The van der Waals surface area contributed by atoms with Gasteiger partial charge in [0.15, 0.2) is 17.1 Å². The molecule has 2 amide bonds. The molecule has 0 saturated heterocycles. The third kappa shape index (κ3) is 7.08. The SMILES string of the molecule is CCc1ccc(O[C@H](C)C(=O)NCc2nnc(SCC(=O)Nc3cccc(C)c3)n2C)cc1. The first kappa shape index (κ1) is 24.3. The van der Waals surface area contributed by atoms with Gasteiger partial charge < -0.3 is 19.9 Å². The number of ether oxygens (including phenoxy) is 1. The first-order valence-electron chi connectivity index (χ1n) is 10.8. The van der Waals surface area contributed by atoms with Crippen molar-refractivity contribution in [2.24, 2.45) is 7.05 Å². The fourth-order valence-corrected chi connectivity index (χ4v) is 3.78. The van der Waals surface area contributed by atoms with E-state index in [0.29, 0.717) is 16.7 Å². The molecule has 0 saturated carbocycles. The molecule has 2 aromatic carbocycles. The Kier molecular flexibility index (Phi) is 8.48. The minimum Gasteiger partial charge on any atom is -0.481 e. The molecule has 3 aromatic rings. The average Bonchev–Trinajstić information content (AvgIpc) is 3.15. The molecule has 3 rings (SSSR count). The number of amides is 2. The Morgan fingerprint density at radius 3 is 2.61 bits per heavy atom. The molecule has 1 atom stereocenters. The Bertz CT molecular complexity index is 1100. The molecular formula is C24H29N5O3S. The van der Waals surface area contributed by atoms with Gasteiger partial charge in [-0.05, 0) is 55.7 Å². The zero-order chi connectivity index (χ0) is 23.8. The zero-order valence-electron chi connectivity index (χ0n) is 19.3. The van der Waals surface area contributed by atoms with E-state index < -0.39 is 6.10 Å². The van der Waals surface area contributed by atoms with E-state index in [2.05, 4.69) is 27.8 Å². The van der Waals surface area contributed by atoms with E-state index in [4.69, 9.17) is 4.74 Å². The van der Waals surface area contributed by atoms with Crippen molar-refractivity contribution in [3.05, 3.63) is 65.5 Å². The highest BCUT2D eigenvalue weighted by Gasteiger charge is 2.17. The van der Waals surface area contributed by atoms with Crippen LogP contribution in [0.2, 0.25) is 0 Å². The van der Waals surface area contributed by atoms with Crippen molar-refractivity contribution in [3.8, 4) is 5.75 Å². The molecule has 0 aliphatic rings. The first-order valence-corrected chi connectivity index (χ1v) is 11.7. The molecule has 33 heavy (non-hydrogen) atoms. The average molecular weight is 468 g/mol. The standard InChI is InChI=1S/C24H29N5O3S/c1-5-18-9-11-20(12-10-18)32-17(3)23(31)25-14-21-27-28-24(29(21)4)33-15-22(30)26-19-8-6-7-16(2)13-19/h6-13,17H,5,14-15H2,1-4H3,(H,25,31)(H,26,30)/t17-/m1/s1. The van der Waals surface area contributed by atoms with Gasteiger partial charge in [0.1, 0.15) is 5.75 Å². The van der Waals surface area contributed by atoms with Crippen molar-refractivity contribution in [1.29, 1.82) is 0 Å². The highest BCUT2D eigenvalue weighted by atomic mass is 32.2. The fraction of sp³-hybridized carbons (Fsp3) is 0.333. The second-order valence-electron chi connectivity index (χ2n) is 7.64. The van der Waals surface area contributed by atoms with Crippen molar-refractivity contribution >= 4 is 29.3 Å². The lowest BCUT2D eigenvalue weighted by molar-refractivity contribution is -0.127. The van der Waals surface area contributed by atoms with Gasteiger partial charge >= 0.3 is 0 Å². The van der Waals surface area contributed by atoms with Gasteiger partial charge in [-0.15, -0.1) is 10.2 Å². The number of carbonyl (C=O) groups excluding carboxylic acids is 2. The number of anilines is 1. The number of aromatic nitrogens is 3. The van der Waals surface area contributed by atoms with Gasteiger partial charge in [0.05, 0.1) is 12.3 Å². The molecule has 0 spiro atoms. The van der Waals surface area contributed by atoms with E-state index in [9.17, 15) is 9.59 Å². The second kappa shape index (κ2) is 11.5. The number of benzene rings is 2. The molecular weight excluding hydrogens is 438 g/mol. The van der Waals surface area contributed by atoms with Crippen LogP contribution in [0.15, 0.2) is 53.7 Å². The molecule has 0 unspecified atom stereocenters. The van der Waals surface area contributed by atoms with Gasteiger partial charge in [-0.25, -0.2) is 0 Å². The van der Waals surface area contributed by atoms with Gasteiger partial charge in [-0.1, -0.05) is 43.0 Å². The number of nitrogens with zero attached hydrogens (tertiary/aromatic N) is 3. The van der Waals surface area contributed by atoms with Crippen molar-refractivity contribution < 1.29 is 14.3 Å². The van der Waals surface area contributed by atoms with E-state index in [0.717, 1.165) is 17.7 Å². The number of aryl methyl sites for hydroxylation is 2. The van der Waals surface area contributed by atoms with Crippen LogP contribution in [0.1, 0.15) is 30.8 Å². The summed E-state index contributed by atoms with van der Waals surface area (Å²) in [6.45, 7) is 5.97. The van der Waals surface area contributed by atoms with Gasteiger partial charge in [0.25, 0.3) is 5.91 Å². The molecule has 1 heterocycles. The lowest BCUT2D eigenvalue weighted by Crippen LogP contribution is -2.36. The number of carbonyl (C=O) groups is 2. The normalized spacial score (nSPS) is 11.6. The lowest BCUT2D eigenvalue weighted by Gasteiger charge is -2.15. The Hall–Kier alpha value is -3.33. The maximum absolute atomic E-state index is 12.4. The Balaban J connectivity index is 1.46. The number of hydrogen-bond donors (Lipinski definition) is 2. The summed E-state index contributed by atoms with van der Waals surface area (Å²) in [6, 6.07) is 15.3. The van der Waals surface area contributed by atoms with Gasteiger partial charge in [-0.3, -0.25) is 9.59 Å². The summed E-state index contributed by atoms with van der Waals surface area (Å²) in [7, 11) is 1.80. The predicted octanol–water partition coefficient (Wildman–Crippen LogP) is 3.50. The van der Waals surface area contributed by atoms with E-state index in [1.54, 1.807) is 18.5 Å². The predicted molar refractivity (Wildman–Crippen MR) is 129 cm³/mol. The Morgan fingerprint density at radius 2 is 1.91 bits per heavy atom. The highest BCUT2D eigenvalue weighted by molar-refractivity contribution is 7.99. The van der Waals surface area contributed by atoms with Crippen LogP contribution >= 0.6 is 11.8 Å². The lowest BCUT2D eigenvalue weighted by atomic mass is 10.2. The summed E-state index contributed by atoms with van der Waals surface area (Å²) in [6.07, 6.45) is 0.302. The van der Waals surface area contributed by atoms with Crippen LogP contribution in [0, 0.1) is 6.92 Å². The Morgan fingerprint density at radius 1 is 1.15 bits per heavy atom. The molecule has 0 radical (unpaired) electrons. The summed E-state index contributed by atoms with van der Waals surface area (Å²) < 4.78 is 7.48. The van der Waals surface area contributed by atoms with Crippen LogP contribution < -0.4 is 15.4 Å². The molecule has 9 heteroatoms. The molecule has 0 aliphatic carbocycles. The third-order valence-corrected chi connectivity index (χ3v) is 6.01. The molecule has 2 N–H and O–H groups in total.